The predicted molar refractivity (Wildman–Crippen MR) is 76.2 cm³/mol. The fourth-order valence-electron chi connectivity index (χ4n) is 4.53. The van der Waals surface area contributed by atoms with E-state index in [0.717, 1.165) is 6.42 Å². The Labute approximate surface area is 117 Å². The summed E-state index contributed by atoms with van der Waals surface area (Å²) in [5.74, 6) is 0.0757. The molecule has 0 aromatic carbocycles. The van der Waals surface area contributed by atoms with Crippen LogP contribution in [0.15, 0.2) is 0 Å². The fourth-order valence-corrected chi connectivity index (χ4v) is 4.53. The van der Waals surface area contributed by atoms with Gasteiger partial charge in [-0.3, -0.25) is 0 Å². The van der Waals surface area contributed by atoms with E-state index in [9.17, 15) is 5.11 Å². The monoisotopic (exact) mass is 270 g/mol. The second-order valence-electron chi connectivity index (χ2n) is 8.70. The Kier molecular flexibility index (Phi) is 3.01. The SMILES string of the molecule is CC1(C)CC(C2(O)CC(C)(C)OC2(C)C)C(C)(C)O1. The Morgan fingerprint density at radius 1 is 0.842 bits per heavy atom. The first-order valence-electron chi connectivity index (χ1n) is 7.34. The second kappa shape index (κ2) is 3.75. The van der Waals surface area contributed by atoms with Crippen molar-refractivity contribution in [2.45, 2.75) is 96.2 Å². The van der Waals surface area contributed by atoms with Crippen LogP contribution in [0.2, 0.25) is 0 Å². The van der Waals surface area contributed by atoms with Crippen LogP contribution in [0.3, 0.4) is 0 Å². The molecule has 2 unspecified atom stereocenters. The van der Waals surface area contributed by atoms with Crippen molar-refractivity contribution in [3.8, 4) is 0 Å². The summed E-state index contributed by atoms with van der Waals surface area (Å²) in [5.41, 5.74) is -2.22. The van der Waals surface area contributed by atoms with Crippen LogP contribution in [-0.4, -0.2) is 33.1 Å². The van der Waals surface area contributed by atoms with Gasteiger partial charge in [-0.25, -0.2) is 0 Å². The van der Waals surface area contributed by atoms with E-state index in [1.54, 1.807) is 0 Å². The van der Waals surface area contributed by atoms with Crippen molar-refractivity contribution < 1.29 is 14.6 Å². The van der Waals surface area contributed by atoms with Gasteiger partial charge in [-0.15, -0.1) is 0 Å². The van der Waals surface area contributed by atoms with Crippen molar-refractivity contribution in [2.24, 2.45) is 5.92 Å². The van der Waals surface area contributed by atoms with Crippen LogP contribution in [0, 0.1) is 5.92 Å². The van der Waals surface area contributed by atoms with Crippen molar-refractivity contribution in [1.82, 2.24) is 0 Å². The minimum absolute atomic E-state index is 0.0757. The third-order valence-corrected chi connectivity index (χ3v) is 4.92. The van der Waals surface area contributed by atoms with Crippen LogP contribution in [0.4, 0.5) is 0 Å². The lowest BCUT2D eigenvalue weighted by Gasteiger charge is -2.44. The molecule has 2 aliphatic heterocycles. The molecule has 112 valence electrons. The smallest absolute Gasteiger partial charge is 0.101 e. The summed E-state index contributed by atoms with van der Waals surface area (Å²) in [6, 6.07) is 0. The molecule has 0 bridgehead atoms. The second-order valence-corrected chi connectivity index (χ2v) is 8.70. The van der Waals surface area contributed by atoms with Crippen LogP contribution in [0.25, 0.3) is 0 Å². The highest BCUT2D eigenvalue weighted by Gasteiger charge is 2.66. The Morgan fingerprint density at radius 3 is 1.68 bits per heavy atom. The van der Waals surface area contributed by atoms with Crippen molar-refractivity contribution in [3.05, 3.63) is 0 Å². The first-order valence-corrected chi connectivity index (χ1v) is 7.34. The largest absolute Gasteiger partial charge is 0.386 e. The lowest BCUT2D eigenvalue weighted by Crippen LogP contribution is -2.56. The number of hydrogen-bond acceptors (Lipinski definition) is 3. The molecule has 0 spiro atoms. The van der Waals surface area contributed by atoms with Gasteiger partial charge in [0, 0.05) is 12.3 Å². The van der Waals surface area contributed by atoms with Gasteiger partial charge >= 0.3 is 0 Å². The van der Waals surface area contributed by atoms with E-state index in [0.29, 0.717) is 6.42 Å². The molecule has 2 fully saturated rings. The Bertz CT molecular complexity index is 381. The van der Waals surface area contributed by atoms with Gasteiger partial charge in [0.15, 0.2) is 0 Å². The van der Waals surface area contributed by atoms with E-state index < -0.39 is 11.2 Å². The maximum atomic E-state index is 11.4. The summed E-state index contributed by atoms with van der Waals surface area (Å²) in [5, 5.41) is 11.4. The van der Waals surface area contributed by atoms with Gasteiger partial charge in [-0.05, 0) is 61.8 Å². The first kappa shape index (κ1) is 15.3. The zero-order valence-corrected chi connectivity index (χ0v) is 13.8. The summed E-state index contributed by atoms with van der Waals surface area (Å²) >= 11 is 0. The van der Waals surface area contributed by atoms with Crippen LogP contribution in [0.5, 0.6) is 0 Å². The number of ether oxygens (including phenoxy) is 2. The van der Waals surface area contributed by atoms with E-state index in [1.807, 2.05) is 13.8 Å². The Hall–Kier alpha value is -0.120. The van der Waals surface area contributed by atoms with E-state index in [4.69, 9.17) is 9.47 Å². The molecule has 2 heterocycles. The standard InChI is InChI=1S/C16H30O3/c1-12(2)9-11(14(5,6)18-12)16(17)10-13(3,4)19-15(16,7)8/h11,17H,9-10H2,1-8H3. The van der Waals surface area contributed by atoms with Crippen molar-refractivity contribution in [2.75, 3.05) is 0 Å². The summed E-state index contributed by atoms with van der Waals surface area (Å²) in [4.78, 5) is 0. The highest BCUT2D eigenvalue weighted by molar-refractivity contribution is 5.15. The van der Waals surface area contributed by atoms with Gasteiger partial charge < -0.3 is 14.6 Å². The Morgan fingerprint density at radius 2 is 1.37 bits per heavy atom. The normalized spacial score (nSPS) is 42.5. The average Bonchev–Trinajstić information content (AvgIpc) is 2.39. The quantitative estimate of drug-likeness (QED) is 0.794. The third kappa shape index (κ3) is 2.34. The summed E-state index contributed by atoms with van der Waals surface area (Å²) in [6.45, 7) is 16.5. The number of aliphatic hydroxyl groups is 1. The molecule has 1 N–H and O–H groups in total. The van der Waals surface area contributed by atoms with Crippen molar-refractivity contribution >= 4 is 0 Å². The van der Waals surface area contributed by atoms with E-state index in [2.05, 4.69) is 41.5 Å². The van der Waals surface area contributed by atoms with Crippen LogP contribution in [-0.2, 0) is 9.47 Å². The van der Waals surface area contributed by atoms with E-state index in [-0.39, 0.29) is 22.7 Å². The Balaban J connectivity index is 2.41. The summed E-state index contributed by atoms with van der Waals surface area (Å²) in [6.07, 6.45) is 1.51. The molecule has 3 nitrogen and oxygen atoms in total. The van der Waals surface area contributed by atoms with Crippen molar-refractivity contribution in [3.63, 3.8) is 0 Å². The zero-order valence-electron chi connectivity index (χ0n) is 13.8. The molecule has 0 saturated carbocycles. The predicted octanol–water partition coefficient (Wildman–Crippen LogP) is 3.29. The molecule has 0 amide bonds. The highest BCUT2D eigenvalue weighted by atomic mass is 16.6. The van der Waals surface area contributed by atoms with Gasteiger partial charge in [-0.1, -0.05) is 0 Å². The van der Waals surface area contributed by atoms with Crippen LogP contribution >= 0.6 is 0 Å². The third-order valence-electron chi connectivity index (χ3n) is 4.92. The molecule has 2 rings (SSSR count). The van der Waals surface area contributed by atoms with Crippen LogP contribution < -0.4 is 0 Å². The van der Waals surface area contributed by atoms with Crippen LogP contribution in [0.1, 0.15) is 68.2 Å². The lowest BCUT2D eigenvalue weighted by molar-refractivity contribution is -0.172. The summed E-state index contributed by atoms with van der Waals surface area (Å²) in [7, 11) is 0. The molecule has 0 radical (unpaired) electrons. The first-order chi connectivity index (χ1) is 8.21. The maximum absolute atomic E-state index is 11.4. The molecule has 0 aliphatic carbocycles. The molecule has 19 heavy (non-hydrogen) atoms. The molecule has 2 aliphatic rings. The molecule has 2 atom stereocenters. The molecular formula is C16H30O3. The summed E-state index contributed by atoms with van der Waals surface area (Å²) < 4.78 is 12.3. The number of hydrogen-bond donors (Lipinski definition) is 1. The maximum Gasteiger partial charge on any atom is 0.101 e. The lowest BCUT2D eigenvalue weighted by atomic mass is 9.66. The fraction of sp³-hybridized carbons (Fsp3) is 1.00. The van der Waals surface area contributed by atoms with Crippen molar-refractivity contribution in [1.29, 1.82) is 0 Å². The minimum atomic E-state index is -0.853. The molecule has 0 aromatic rings. The topological polar surface area (TPSA) is 38.7 Å². The molecule has 2 saturated heterocycles. The zero-order chi connectivity index (χ0) is 14.9. The average molecular weight is 270 g/mol. The molecule has 3 heteroatoms. The van der Waals surface area contributed by atoms with Gasteiger partial charge in [0.25, 0.3) is 0 Å². The van der Waals surface area contributed by atoms with Gasteiger partial charge in [0.1, 0.15) is 5.60 Å². The van der Waals surface area contributed by atoms with E-state index in [1.165, 1.54) is 0 Å². The van der Waals surface area contributed by atoms with Gasteiger partial charge in [0.05, 0.1) is 22.4 Å². The van der Waals surface area contributed by atoms with Gasteiger partial charge in [0.2, 0.25) is 0 Å². The molecule has 0 aromatic heterocycles. The molecular weight excluding hydrogens is 240 g/mol. The highest BCUT2D eigenvalue weighted by Crippen LogP contribution is 2.57. The number of rotatable bonds is 1. The van der Waals surface area contributed by atoms with Gasteiger partial charge in [-0.2, -0.15) is 0 Å². The minimum Gasteiger partial charge on any atom is -0.386 e. The van der Waals surface area contributed by atoms with E-state index >= 15 is 0 Å².